The molecule has 0 amide bonds. The third-order valence-electron chi connectivity index (χ3n) is 1.58. The summed E-state index contributed by atoms with van der Waals surface area (Å²) in [7, 11) is 0. The van der Waals surface area contributed by atoms with Crippen molar-refractivity contribution in [1.29, 1.82) is 0 Å². The highest BCUT2D eigenvalue weighted by Crippen LogP contribution is 2.28. The van der Waals surface area contributed by atoms with Crippen LogP contribution in [-0.2, 0) is 0 Å². The molecule has 1 aliphatic rings. The van der Waals surface area contributed by atoms with Crippen LogP contribution in [0.4, 0.5) is 0 Å². The summed E-state index contributed by atoms with van der Waals surface area (Å²) in [5.74, 6) is -1.68. The maximum atomic E-state index is 9.28. The molecule has 0 unspecified atom stereocenters. The fourth-order valence-corrected chi connectivity index (χ4v) is 1.08. The van der Waals surface area contributed by atoms with E-state index in [0.29, 0.717) is 18.5 Å². The zero-order valence-electron chi connectivity index (χ0n) is 6.83. The van der Waals surface area contributed by atoms with Gasteiger partial charge in [-0.15, -0.1) is 0 Å². The Labute approximate surface area is 66.1 Å². The average molecular weight is 155 g/mol. The number of nitrogens with zero attached hydrogens (tertiary/aromatic N) is 1. The van der Waals surface area contributed by atoms with Crippen LogP contribution in [0, 0.1) is 0 Å². The molecule has 0 saturated carbocycles. The van der Waals surface area contributed by atoms with Gasteiger partial charge in [0.2, 0.25) is 5.79 Å². The maximum Gasteiger partial charge on any atom is 0.207 e. The predicted molar refractivity (Wildman–Crippen MR) is 43.3 cm³/mol. The van der Waals surface area contributed by atoms with Gasteiger partial charge >= 0.3 is 0 Å². The molecule has 0 aromatic heterocycles. The highest BCUT2D eigenvalue weighted by atomic mass is 16.5. The first-order valence-electron chi connectivity index (χ1n) is 3.69. The van der Waals surface area contributed by atoms with E-state index < -0.39 is 5.79 Å². The molecule has 0 radical (unpaired) electrons. The molecule has 62 valence electrons. The molecule has 0 bridgehead atoms. The van der Waals surface area contributed by atoms with Crippen LogP contribution < -0.4 is 0 Å². The van der Waals surface area contributed by atoms with E-state index in [0.717, 1.165) is 5.71 Å². The molecule has 0 atom stereocenters. The van der Waals surface area contributed by atoms with Crippen molar-refractivity contribution < 1.29 is 10.2 Å². The topological polar surface area (TPSA) is 52.8 Å². The molecule has 1 rings (SSSR count). The molecular weight excluding hydrogens is 142 g/mol. The highest BCUT2D eigenvalue weighted by molar-refractivity contribution is 5.80. The zero-order chi connectivity index (χ0) is 8.48. The first kappa shape index (κ1) is 8.43. The van der Waals surface area contributed by atoms with Gasteiger partial charge < -0.3 is 10.2 Å². The Morgan fingerprint density at radius 3 is 2.55 bits per heavy atom. The normalized spacial score (nSPS) is 21.3. The van der Waals surface area contributed by atoms with Crippen LogP contribution in [0.1, 0.15) is 26.7 Å². The van der Waals surface area contributed by atoms with Crippen molar-refractivity contribution in [2.45, 2.75) is 32.5 Å². The summed E-state index contributed by atoms with van der Waals surface area (Å²) in [4.78, 5) is 4.01. The van der Waals surface area contributed by atoms with Gasteiger partial charge in [-0.25, -0.2) is 0 Å². The van der Waals surface area contributed by atoms with Crippen molar-refractivity contribution in [2.75, 3.05) is 0 Å². The van der Waals surface area contributed by atoms with Crippen molar-refractivity contribution in [2.24, 2.45) is 4.99 Å². The summed E-state index contributed by atoms with van der Waals surface area (Å²) >= 11 is 0. The standard InChI is InChI=1S/C8H13NO2/c1-6(2)9-7-4-3-5-8(7,10)11/h4,10-11H,3,5H2,1-2H3. The lowest BCUT2D eigenvalue weighted by molar-refractivity contribution is -0.126. The van der Waals surface area contributed by atoms with Gasteiger partial charge in [0.15, 0.2) is 0 Å². The molecule has 11 heavy (non-hydrogen) atoms. The van der Waals surface area contributed by atoms with Crippen LogP contribution in [-0.4, -0.2) is 21.7 Å². The summed E-state index contributed by atoms with van der Waals surface area (Å²) in [6, 6.07) is 0. The Morgan fingerprint density at radius 2 is 2.18 bits per heavy atom. The van der Waals surface area contributed by atoms with E-state index in [-0.39, 0.29) is 0 Å². The number of allylic oxidation sites excluding steroid dienone is 1. The van der Waals surface area contributed by atoms with Gasteiger partial charge in [0.25, 0.3) is 0 Å². The lowest BCUT2D eigenvalue weighted by Crippen LogP contribution is -2.26. The van der Waals surface area contributed by atoms with E-state index in [1.54, 1.807) is 6.08 Å². The van der Waals surface area contributed by atoms with Crippen molar-refractivity contribution in [1.82, 2.24) is 0 Å². The molecule has 0 aromatic carbocycles. The quantitative estimate of drug-likeness (QED) is 0.435. The molecule has 0 spiro atoms. The van der Waals surface area contributed by atoms with Crippen LogP contribution in [0.15, 0.2) is 16.8 Å². The van der Waals surface area contributed by atoms with E-state index in [9.17, 15) is 10.2 Å². The van der Waals surface area contributed by atoms with Gasteiger partial charge in [-0.3, -0.25) is 4.99 Å². The lowest BCUT2D eigenvalue weighted by atomic mass is 10.2. The minimum absolute atomic E-state index is 0.360. The van der Waals surface area contributed by atoms with Crippen LogP contribution >= 0.6 is 0 Å². The average Bonchev–Trinajstić information content (AvgIpc) is 2.10. The first-order valence-corrected chi connectivity index (χ1v) is 3.69. The summed E-state index contributed by atoms with van der Waals surface area (Å²) in [5, 5.41) is 18.6. The van der Waals surface area contributed by atoms with Gasteiger partial charge in [0.05, 0.1) is 5.70 Å². The molecule has 0 heterocycles. The van der Waals surface area contributed by atoms with E-state index in [2.05, 4.69) is 4.99 Å². The minimum atomic E-state index is -1.68. The van der Waals surface area contributed by atoms with Gasteiger partial charge in [-0.05, 0) is 20.3 Å². The monoisotopic (exact) mass is 155 g/mol. The summed E-state index contributed by atoms with van der Waals surface area (Å²) < 4.78 is 0. The highest BCUT2D eigenvalue weighted by Gasteiger charge is 2.31. The summed E-state index contributed by atoms with van der Waals surface area (Å²) in [6.07, 6.45) is 2.81. The molecule has 3 nitrogen and oxygen atoms in total. The largest absolute Gasteiger partial charge is 0.361 e. The Balaban J connectivity index is 2.80. The molecular formula is C8H13NO2. The SMILES string of the molecule is CC(C)=NC1=CCCC1(O)O. The van der Waals surface area contributed by atoms with Gasteiger partial charge in [0, 0.05) is 12.1 Å². The number of hydrogen-bond donors (Lipinski definition) is 2. The van der Waals surface area contributed by atoms with E-state index in [1.807, 2.05) is 13.8 Å². The van der Waals surface area contributed by atoms with E-state index >= 15 is 0 Å². The summed E-state index contributed by atoms with van der Waals surface area (Å²) in [6.45, 7) is 3.66. The van der Waals surface area contributed by atoms with Crippen LogP contribution in [0.5, 0.6) is 0 Å². The van der Waals surface area contributed by atoms with Gasteiger partial charge in [-0.1, -0.05) is 6.08 Å². The molecule has 0 aromatic rings. The second-order valence-corrected chi connectivity index (χ2v) is 3.00. The van der Waals surface area contributed by atoms with E-state index in [1.165, 1.54) is 0 Å². The fraction of sp³-hybridized carbons (Fsp3) is 0.625. The number of aliphatic hydroxyl groups is 2. The maximum absolute atomic E-state index is 9.28. The van der Waals surface area contributed by atoms with Crippen molar-refractivity contribution in [3.8, 4) is 0 Å². The number of aliphatic imine (C=N–C) groups is 1. The van der Waals surface area contributed by atoms with Crippen LogP contribution in [0.3, 0.4) is 0 Å². The smallest absolute Gasteiger partial charge is 0.207 e. The van der Waals surface area contributed by atoms with Crippen LogP contribution in [0.25, 0.3) is 0 Å². The third kappa shape index (κ3) is 1.88. The Kier molecular flexibility index (Phi) is 2.11. The molecule has 0 aliphatic heterocycles. The fourth-order valence-electron chi connectivity index (χ4n) is 1.08. The van der Waals surface area contributed by atoms with Crippen LogP contribution in [0.2, 0.25) is 0 Å². The lowest BCUT2D eigenvalue weighted by Gasteiger charge is -2.15. The third-order valence-corrected chi connectivity index (χ3v) is 1.58. The Hall–Kier alpha value is -0.670. The van der Waals surface area contributed by atoms with Crippen molar-refractivity contribution >= 4 is 5.71 Å². The van der Waals surface area contributed by atoms with Gasteiger partial charge in [0.1, 0.15) is 0 Å². The van der Waals surface area contributed by atoms with Crippen molar-refractivity contribution in [3.05, 3.63) is 11.8 Å². The molecule has 0 saturated heterocycles. The zero-order valence-corrected chi connectivity index (χ0v) is 6.83. The summed E-state index contributed by atoms with van der Waals surface area (Å²) in [5.41, 5.74) is 1.23. The number of rotatable bonds is 1. The molecule has 0 fully saturated rings. The first-order chi connectivity index (χ1) is 5.02. The molecule has 1 aliphatic carbocycles. The minimum Gasteiger partial charge on any atom is -0.361 e. The van der Waals surface area contributed by atoms with Crippen molar-refractivity contribution in [3.63, 3.8) is 0 Å². The second kappa shape index (κ2) is 2.75. The number of hydrogen-bond acceptors (Lipinski definition) is 3. The van der Waals surface area contributed by atoms with Gasteiger partial charge in [-0.2, -0.15) is 0 Å². The Bertz CT molecular complexity index is 212. The molecule has 2 N–H and O–H groups in total. The second-order valence-electron chi connectivity index (χ2n) is 3.00. The predicted octanol–water partition coefficient (Wildman–Crippen LogP) is 0.826. The van der Waals surface area contributed by atoms with E-state index in [4.69, 9.17) is 0 Å². The Morgan fingerprint density at radius 1 is 1.55 bits per heavy atom. The molecule has 3 heteroatoms.